The largest absolute Gasteiger partial charge is 0.384 e. The van der Waals surface area contributed by atoms with E-state index in [-0.39, 0.29) is 0 Å². The highest BCUT2D eigenvalue weighted by Gasteiger charge is 2.07. The van der Waals surface area contributed by atoms with Gasteiger partial charge in [0, 0.05) is 12.1 Å². The zero-order valence-corrected chi connectivity index (χ0v) is 10.2. The van der Waals surface area contributed by atoms with E-state index >= 15 is 0 Å². The maximum absolute atomic E-state index is 5.62. The molecule has 0 aliphatic rings. The Balaban J connectivity index is 2.52. The molecule has 1 aromatic rings. The van der Waals surface area contributed by atoms with Gasteiger partial charge in [0.05, 0.1) is 0 Å². The third kappa shape index (κ3) is 4.47. The van der Waals surface area contributed by atoms with Gasteiger partial charge in [0.2, 0.25) is 0 Å². The van der Waals surface area contributed by atoms with E-state index in [1.54, 1.807) is 6.07 Å². The summed E-state index contributed by atoms with van der Waals surface area (Å²) in [6.45, 7) is 4.42. The summed E-state index contributed by atoms with van der Waals surface area (Å²) in [5.41, 5.74) is 5.62. The number of unbranched alkanes of at least 4 members (excludes halogenated alkanes) is 1. The minimum absolute atomic E-state index is 0.499. The van der Waals surface area contributed by atoms with Gasteiger partial charge < -0.3 is 11.1 Å². The van der Waals surface area contributed by atoms with Crippen molar-refractivity contribution in [3.05, 3.63) is 12.4 Å². The third-order valence-corrected chi connectivity index (χ3v) is 2.58. The molecule has 16 heavy (non-hydrogen) atoms. The molecule has 0 spiro atoms. The van der Waals surface area contributed by atoms with E-state index in [0.29, 0.717) is 11.9 Å². The number of nitrogen functional groups attached to an aromatic ring is 1. The Kier molecular flexibility index (Phi) is 5.61. The van der Waals surface area contributed by atoms with Crippen LogP contribution in [0.2, 0.25) is 0 Å². The Labute approximate surface area is 97.7 Å². The predicted octanol–water partition coefficient (Wildman–Crippen LogP) is 2.83. The van der Waals surface area contributed by atoms with Gasteiger partial charge in [-0.05, 0) is 12.8 Å². The summed E-state index contributed by atoms with van der Waals surface area (Å²) in [7, 11) is 0. The van der Waals surface area contributed by atoms with Crippen LogP contribution in [0.25, 0.3) is 0 Å². The number of nitrogens with one attached hydrogen (secondary N) is 1. The van der Waals surface area contributed by atoms with E-state index in [4.69, 9.17) is 5.73 Å². The molecule has 1 aromatic heterocycles. The first-order valence-corrected chi connectivity index (χ1v) is 6.10. The van der Waals surface area contributed by atoms with Crippen LogP contribution in [0.15, 0.2) is 12.4 Å². The molecule has 3 N–H and O–H groups in total. The highest BCUT2D eigenvalue weighted by atomic mass is 15.0. The minimum atomic E-state index is 0.499. The van der Waals surface area contributed by atoms with Crippen LogP contribution in [-0.2, 0) is 0 Å². The van der Waals surface area contributed by atoms with Crippen molar-refractivity contribution in [1.82, 2.24) is 9.97 Å². The Bertz CT molecular complexity index is 301. The van der Waals surface area contributed by atoms with Crippen molar-refractivity contribution in [3.63, 3.8) is 0 Å². The zero-order valence-electron chi connectivity index (χ0n) is 10.2. The average Bonchev–Trinajstić information content (AvgIpc) is 2.26. The lowest BCUT2D eigenvalue weighted by molar-refractivity contribution is 0.563. The van der Waals surface area contributed by atoms with E-state index in [1.165, 1.54) is 38.4 Å². The fraction of sp³-hybridized carbons (Fsp3) is 0.667. The van der Waals surface area contributed by atoms with Crippen molar-refractivity contribution < 1.29 is 0 Å². The topological polar surface area (TPSA) is 63.8 Å². The smallest absolute Gasteiger partial charge is 0.131 e. The molecule has 0 aromatic carbocycles. The molecule has 0 bridgehead atoms. The van der Waals surface area contributed by atoms with Crippen LogP contribution in [0, 0.1) is 0 Å². The van der Waals surface area contributed by atoms with Crippen LogP contribution in [0.1, 0.15) is 46.0 Å². The maximum Gasteiger partial charge on any atom is 0.131 e. The van der Waals surface area contributed by atoms with Crippen LogP contribution in [0.3, 0.4) is 0 Å². The van der Waals surface area contributed by atoms with Crippen molar-refractivity contribution in [2.75, 3.05) is 11.1 Å². The Morgan fingerprint density at radius 2 is 2.06 bits per heavy atom. The number of nitrogens with zero attached hydrogens (tertiary/aromatic N) is 2. The molecular formula is C12H22N4. The van der Waals surface area contributed by atoms with Crippen LogP contribution in [0.4, 0.5) is 11.6 Å². The molecule has 0 amide bonds. The minimum Gasteiger partial charge on any atom is -0.384 e. The average molecular weight is 222 g/mol. The molecule has 1 atom stereocenters. The highest BCUT2D eigenvalue weighted by molar-refractivity contribution is 5.43. The summed E-state index contributed by atoms with van der Waals surface area (Å²) in [4.78, 5) is 8.05. The van der Waals surface area contributed by atoms with Crippen molar-refractivity contribution in [2.24, 2.45) is 0 Å². The molecule has 0 aliphatic heterocycles. The molecule has 4 heteroatoms. The van der Waals surface area contributed by atoms with E-state index in [9.17, 15) is 0 Å². The number of nitrogens with two attached hydrogens (primary N) is 1. The lowest BCUT2D eigenvalue weighted by Crippen LogP contribution is -2.20. The molecule has 0 fully saturated rings. The number of hydrogen-bond donors (Lipinski definition) is 2. The van der Waals surface area contributed by atoms with E-state index in [0.717, 1.165) is 5.82 Å². The van der Waals surface area contributed by atoms with Gasteiger partial charge in [0.15, 0.2) is 0 Å². The summed E-state index contributed by atoms with van der Waals surface area (Å²) < 4.78 is 0. The Morgan fingerprint density at radius 3 is 2.69 bits per heavy atom. The van der Waals surface area contributed by atoms with Crippen molar-refractivity contribution in [1.29, 1.82) is 0 Å². The number of rotatable bonds is 7. The summed E-state index contributed by atoms with van der Waals surface area (Å²) in [5.74, 6) is 1.35. The summed E-state index contributed by atoms with van der Waals surface area (Å²) in [5, 5.41) is 3.42. The fourth-order valence-corrected chi connectivity index (χ4v) is 1.75. The van der Waals surface area contributed by atoms with Gasteiger partial charge >= 0.3 is 0 Å². The third-order valence-electron chi connectivity index (χ3n) is 2.58. The molecule has 4 nitrogen and oxygen atoms in total. The van der Waals surface area contributed by atoms with Gasteiger partial charge in [-0.2, -0.15) is 0 Å². The maximum atomic E-state index is 5.62. The van der Waals surface area contributed by atoms with Crippen molar-refractivity contribution in [2.45, 2.75) is 52.0 Å². The van der Waals surface area contributed by atoms with Crippen molar-refractivity contribution >= 4 is 11.6 Å². The summed E-state index contributed by atoms with van der Waals surface area (Å²) in [6, 6.07) is 2.29. The van der Waals surface area contributed by atoms with Crippen LogP contribution >= 0.6 is 0 Å². The van der Waals surface area contributed by atoms with E-state index in [1.807, 2.05) is 0 Å². The standard InChI is InChI=1S/C12H22N4/c1-3-5-7-10(6-4-2)16-12-8-11(13)14-9-15-12/h8-10H,3-7H2,1-2H3,(H3,13,14,15,16). The first-order chi connectivity index (χ1) is 7.76. The Hall–Kier alpha value is -1.32. The first-order valence-electron chi connectivity index (χ1n) is 6.10. The quantitative estimate of drug-likeness (QED) is 0.744. The number of anilines is 2. The molecule has 1 heterocycles. The molecule has 0 radical (unpaired) electrons. The molecule has 90 valence electrons. The lowest BCUT2D eigenvalue weighted by Gasteiger charge is -2.18. The monoisotopic (exact) mass is 222 g/mol. The summed E-state index contributed by atoms with van der Waals surface area (Å²) in [6.07, 6.45) is 7.52. The zero-order chi connectivity index (χ0) is 11.8. The summed E-state index contributed by atoms with van der Waals surface area (Å²) >= 11 is 0. The van der Waals surface area contributed by atoms with Gasteiger partial charge in [0.25, 0.3) is 0 Å². The van der Waals surface area contributed by atoms with Crippen LogP contribution in [0.5, 0.6) is 0 Å². The normalized spacial score (nSPS) is 12.4. The van der Waals surface area contributed by atoms with Gasteiger partial charge in [-0.3, -0.25) is 0 Å². The second kappa shape index (κ2) is 7.04. The van der Waals surface area contributed by atoms with Gasteiger partial charge in [-0.15, -0.1) is 0 Å². The first kappa shape index (κ1) is 12.7. The SMILES string of the molecule is CCCCC(CCC)Nc1cc(N)ncn1. The molecule has 0 saturated heterocycles. The van der Waals surface area contributed by atoms with Gasteiger partial charge in [-0.25, -0.2) is 9.97 Å². The number of hydrogen-bond acceptors (Lipinski definition) is 4. The number of aromatic nitrogens is 2. The van der Waals surface area contributed by atoms with E-state index in [2.05, 4.69) is 29.1 Å². The van der Waals surface area contributed by atoms with Crippen LogP contribution < -0.4 is 11.1 Å². The molecule has 0 saturated carbocycles. The second-order valence-corrected chi connectivity index (χ2v) is 4.10. The van der Waals surface area contributed by atoms with Crippen LogP contribution in [-0.4, -0.2) is 16.0 Å². The Morgan fingerprint density at radius 1 is 1.25 bits per heavy atom. The fourth-order valence-electron chi connectivity index (χ4n) is 1.75. The van der Waals surface area contributed by atoms with Gasteiger partial charge in [0.1, 0.15) is 18.0 Å². The molecule has 1 rings (SSSR count). The lowest BCUT2D eigenvalue weighted by atomic mass is 10.1. The molecule has 1 unspecified atom stereocenters. The second-order valence-electron chi connectivity index (χ2n) is 4.10. The van der Waals surface area contributed by atoms with Gasteiger partial charge in [-0.1, -0.05) is 33.1 Å². The molecule has 0 aliphatic carbocycles. The predicted molar refractivity (Wildman–Crippen MR) is 68.3 cm³/mol. The van der Waals surface area contributed by atoms with E-state index < -0.39 is 0 Å². The molecular weight excluding hydrogens is 200 g/mol. The van der Waals surface area contributed by atoms with Crippen molar-refractivity contribution in [3.8, 4) is 0 Å². The highest BCUT2D eigenvalue weighted by Crippen LogP contribution is 2.13.